The molecule has 2 amide bonds. The van der Waals surface area contributed by atoms with Gasteiger partial charge in [0.15, 0.2) is 0 Å². The van der Waals surface area contributed by atoms with E-state index in [1.54, 1.807) is 0 Å². The Balaban J connectivity index is 2.35. The Kier molecular flexibility index (Phi) is 7.72. The molecule has 1 aliphatic carbocycles. The standard InChI is InChI=1S/C16H31N3O2/c1-4-13(12-8-6-5-7-9-12)19-14(20)10-18-16(21)15(17)11(2)3/h11-13,15H,4-10,17H2,1-3H3,(H,18,21)(H,19,20)/t13?,15-/m0/s1. The highest BCUT2D eigenvalue weighted by atomic mass is 16.2. The number of rotatable bonds is 7. The van der Waals surface area contributed by atoms with E-state index in [0.717, 1.165) is 6.42 Å². The van der Waals surface area contributed by atoms with Crippen LogP contribution in [0, 0.1) is 11.8 Å². The van der Waals surface area contributed by atoms with Crippen molar-refractivity contribution in [1.29, 1.82) is 0 Å². The van der Waals surface area contributed by atoms with Crippen LogP contribution in [0.25, 0.3) is 0 Å². The monoisotopic (exact) mass is 297 g/mol. The highest BCUT2D eigenvalue weighted by molar-refractivity contribution is 5.87. The lowest BCUT2D eigenvalue weighted by atomic mass is 9.83. The van der Waals surface area contributed by atoms with E-state index in [1.807, 2.05) is 13.8 Å². The Labute approximate surface area is 128 Å². The van der Waals surface area contributed by atoms with E-state index >= 15 is 0 Å². The average Bonchev–Trinajstić information content (AvgIpc) is 2.50. The van der Waals surface area contributed by atoms with Crippen molar-refractivity contribution in [2.24, 2.45) is 17.6 Å². The molecule has 1 unspecified atom stereocenters. The van der Waals surface area contributed by atoms with E-state index in [2.05, 4.69) is 17.6 Å². The van der Waals surface area contributed by atoms with Crippen LogP contribution in [0.2, 0.25) is 0 Å². The van der Waals surface area contributed by atoms with Crippen LogP contribution < -0.4 is 16.4 Å². The summed E-state index contributed by atoms with van der Waals surface area (Å²) in [4.78, 5) is 23.7. The maximum atomic E-state index is 12.0. The number of carbonyl (C=O) groups is 2. The van der Waals surface area contributed by atoms with Gasteiger partial charge in [0.05, 0.1) is 12.6 Å². The SMILES string of the molecule is CCC(NC(=O)CNC(=O)[C@@H](N)C(C)C)C1CCCCC1. The number of hydrogen-bond donors (Lipinski definition) is 3. The molecule has 0 aromatic rings. The van der Waals surface area contributed by atoms with Crippen LogP contribution >= 0.6 is 0 Å². The van der Waals surface area contributed by atoms with E-state index in [0.29, 0.717) is 5.92 Å². The predicted octanol–water partition coefficient (Wildman–Crippen LogP) is 1.56. The number of amides is 2. The second-order valence-electron chi connectivity index (χ2n) is 6.47. The van der Waals surface area contributed by atoms with E-state index < -0.39 is 6.04 Å². The van der Waals surface area contributed by atoms with Crippen molar-refractivity contribution in [3.63, 3.8) is 0 Å². The molecule has 0 spiro atoms. The number of carbonyl (C=O) groups excluding carboxylic acids is 2. The molecule has 4 N–H and O–H groups in total. The van der Waals surface area contributed by atoms with Crippen molar-refractivity contribution < 1.29 is 9.59 Å². The molecule has 5 heteroatoms. The second kappa shape index (κ2) is 9.03. The van der Waals surface area contributed by atoms with Crippen LogP contribution in [0.4, 0.5) is 0 Å². The largest absolute Gasteiger partial charge is 0.352 e. The van der Waals surface area contributed by atoms with Gasteiger partial charge in [0, 0.05) is 6.04 Å². The maximum Gasteiger partial charge on any atom is 0.239 e. The summed E-state index contributed by atoms with van der Waals surface area (Å²) >= 11 is 0. The normalized spacial score (nSPS) is 19.1. The summed E-state index contributed by atoms with van der Waals surface area (Å²) in [6.45, 7) is 5.90. The molecule has 0 heterocycles. The lowest BCUT2D eigenvalue weighted by Gasteiger charge is -2.30. The lowest BCUT2D eigenvalue weighted by molar-refractivity contribution is -0.127. The summed E-state index contributed by atoms with van der Waals surface area (Å²) < 4.78 is 0. The Bertz CT molecular complexity index is 338. The van der Waals surface area contributed by atoms with Crippen molar-refractivity contribution in [1.82, 2.24) is 10.6 Å². The summed E-state index contributed by atoms with van der Waals surface area (Å²) in [6, 6.07) is -0.327. The highest BCUT2D eigenvalue weighted by Crippen LogP contribution is 2.27. The van der Waals surface area contributed by atoms with Gasteiger partial charge in [-0.1, -0.05) is 40.0 Å². The molecule has 0 aliphatic heterocycles. The second-order valence-corrected chi connectivity index (χ2v) is 6.47. The molecule has 21 heavy (non-hydrogen) atoms. The summed E-state index contributed by atoms with van der Waals surface area (Å²) in [7, 11) is 0. The van der Waals surface area contributed by atoms with Crippen molar-refractivity contribution in [3.8, 4) is 0 Å². The van der Waals surface area contributed by atoms with Crippen LogP contribution in [-0.4, -0.2) is 30.4 Å². The predicted molar refractivity (Wildman–Crippen MR) is 84.6 cm³/mol. The van der Waals surface area contributed by atoms with Crippen molar-refractivity contribution in [3.05, 3.63) is 0 Å². The first kappa shape index (κ1) is 18.0. The van der Waals surface area contributed by atoms with Crippen LogP contribution in [0.3, 0.4) is 0 Å². The number of nitrogens with one attached hydrogen (secondary N) is 2. The molecule has 5 nitrogen and oxygen atoms in total. The van der Waals surface area contributed by atoms with Crippen LogP contribution in [0.1, 0.15) is 59.3 Å². The van der Waals surface area contributed by atoms with Gasteiger partial charge in [0.25, 0.3) is 0 Å². The molecule has 0 aromatic heterocycles. The third-order valence-electron chi connectivity index (χ3n) is 4.45. The molecule has 0 bridgehead atoms. The van der Waals surface area contributed by atoms with E-state index in [9.17, 15) is 9.59 Å². The fourth-order valence-electron chi connectivity index (χ4n) is 2.94. The minimum atomic E-state index is -0.557. The van der Waals surface area contributed by atoms with Gasteiger partial charge < -0.3 is 16.4 Å². The first-order chi connectivity index (χ1) is 9.95. The Morgan fingerprint density at radius 1 is 1.19 bits per heavy atom. The van der Waals surface area contributed by atoms with Gasteiger partial charge in [0.1, 0.15) is 0 Å². The molecule has 1 rings (SSSR count). The molecule has 0 saturated heterocycles. The zero-order chi connectivity index (χ0) is 15.8. The van der Waals surface area contributed by atoms with Gasteiger partial charge in [0.2, 0.25) is 11.8 Å². The third-order valence-corrected chi connectivity index (χ3v) is 4.45. The average molecular weight is 297 g/mol. The van der Waals surface area contributed by atoms with Gasteiger partial charge in [-0.05, 0) is 31.1 Å². The molecule has 2 atom stereocenters. The summed E-state index contributed by atoms with van der Waals surface area (Å²) in [5.41, 5.74) is 5.75. The van der Waals surface area contributed by atoms with Crippen molar-refractivity contribution >= 4 is 11.8 Å². The first-order valence-corrected chi connectivity index (χ1v) is 8.28. The minimum Gasteiger partial charge on any atom is -0.352 e. The molecule has 1 fully saturated rings. The molecule has 1 aliphatic rings. The maximum absolute atomic E-state index is 12.0. The zero-order valence-corrected chi connectivity index (χ0v) is 13.7. The molecule has 122 valence electrons. The van der Waals surface area contributed by atoms with Gasteiger partial charge in [-0.2, -0.15) is 0 Å². The minimum absolute atomic E-state index is 0.0163. The first-order valence-electron chi connectivity index (χ1n) is 8.28. The van der Waals surface area contributed by atoms with Crippen LogP contribution in [0.15, 0.2) is 0 Å². The Hall–Kier alpha value is -1.10. The fourth-order valence-corrected chi connectivity index (χ4v) is 2.94. The smallest absolute Gasteiger partial charge is 0.239 e. The van der Waals surface area contributed by atoms with Crippen molar-refractivity contribution in [2.45, 2.75) is 71.4 Å². The Morgan fingerprint density at radius 3 is 2.33 bits per heavy atom. The zero-order valence-electron chi connectivity index (χ0n) is 13.7. The van der Waals surface area contributed by atoms with Crippen LogP contribution in [-0.2, 0) is 9.59 Å². The molecule has 0 aromatic carbocycles. The quantitative estimate of drug-likeness (QED) is 0.667. The third kappa shape index (κ3) is 6.04. The van der Waals surface area contributed by atoms with E-state index in [4.69, 9.17) is 5.73 Å². The number of nitrogens with two attached hydrogens (primary N) is 1. The van der Waals surface area contributed by atoms with Gasteiger partial charge in [-0.25, -0.2) is 0 Å². The molecule has 0 radical (unpaired) electrons. The number of hydrogen-bond acceptors (Lipinski definition) is 3. The van der Waals surface area contributed by atoms with Crippen molar-refractivity contribution in [2.75, 3.05) is 6.54 Å². The van der Waals surface area contributed by atoms with E-state index in [-0.39, 0.29) is 30.3 Å². The summed E-state index contributed by atoms with van der Waals surface area (Å²) in [5, 5.41) is 5.69. The summed E-state index contributed by atoms with van der Waals surface area (Å²) in [5.74, 6) is 0.280. The topological polar surface area (TPSA) is 84.2 Å². The van der Waals surface area contributed by atoms with Crippen LogP contribution in [0.5, 0.6) is 0 Å². The Morgan fingerprint density at radius 2 is 1.81 bits per heavy atom. The lowest BCUT2D eigenvalue weighted by Crippen LogP contribution is -2.49. The van der Waals surface area contributed by atoms with Gasteiger partial charge in [-0.15, -0.1) is 0 Å². The van der Waals surface area contributed by atoms with Gasteiger partial charge in [-0.3, -0.25) is 9.59 Å². The summed E-state index contributed by atoms with van der Waals surface area (Å²) in [6.07, 6.45) is 7.17. The molecular formula is C16H31N3O2. The van der Waals surface area contributed by atoms with Gasteiger partial charge >= 0.3 is 0 Å². The molecular weight excluding hydrogens is 266 g/mol. The fraction of sp³-hybridized carbons (Fsp3) is 0.875. The molecule has 1 saturated carbocycles. The van der Waals surface area contributed by atoms with E-state index in [1.165, 1.54) is 32.1 Å². The highest BCUT2D eigenvalue weighted by Gasteiger charge is 2.24.